The second kappa shape index (κ2) is 6.03. The van der Waals surface area contributed by atoms with Crippen LogP contribution in [0.15, 0.2) is 29.2 Å². The van der Waals surface area contributed by atoms with Crippen molar-refractivity contribution >= 4 is 10.0 Å². The number of nitrogens with zero attached hydrogens (tertiary/aromatic N) is 2. The summed E-state index contributed by atoms with van der Waals surface area (Å²) in [6, 6.07) is 4.89. The molecule has 1 aromatic carbocycles. The highest BCUT2D eigenvalue weighted by Crippen LogP contribution is 2.33. The Hall–Kier alpha value is -1.77. The van der Waals surface area contributed by atoms with Gasteiger partial charge in [0.15, 0.2) is 0 Å². The van der Waals surface area contributed by atoms with Crippen LogP contribution in [0.3, 0.4) is 0 Å². The number of halogens is 1. The zero-order valence-electron chi connectivity index (χ0n) is 12.9. The zero-order chi connectivity index (χ0) is 16.6. The van der Waals surface area contributed by atoms with Crippen LogP contribution < -0.4 is 0 Å². The molecule has 1 fully saturated rings. The van der Waals surface area contributed by atoms with E-state index in [2.05, 4.69) is 10.2 Å². The summed E-state index contributed by atoms with van der Waals surface area (Å²) in [4.78, 5) is -0.314. The minimum Gasteiger partial charge on any atom is -0.378 e. The number of sulfonamides is 1. The lowest BCUT2D eigenvalue weighted by molar-refractivity contribution is 0.0315. The second-order valence-corrected chi connectivity index (χ2v) is 7.34. The maximum Gasteiger partial charge on any atom is 0.246 e. The molecule has 1 N–H and O–H groups in total. The molecule has 124 valence electrons. The van der Waals surface area contributed by atoms with Gasteiger partial charge in [-0.3, -0.25) is 5.10 Å². The molecule has 8 heteroatoms. The average Bonchev–Trinajstić information content (AvgIpc) is 2.86. The Balaban J connectivity index is 2.07. The van der Waals surface area contributed by atoms with Crippen LogP contribution in [-0.2, 0) is 14.8 Å². The van der Waals surface area contributed by atoms with E-state index in [0.29, 0.717) is 5.69 Å². The number of hydrogen-bond acceptors (Lipinski definition) is 4. The first-order valence-corrected chi connectivity index (χ1v) is 8.72. The molecule has 0 spiro atoms. The predicted octanol–water partition coefficient (Wildman–Crippen LogP) is 1.93. The normalized spacial score (nSPS) is 19.9. The van der Waals surface area contributed by atoms with Gasteiger partial charge in [0.05, 0.1) is 24.9 Å². The highest BCUT2D eigenvalue weighted by molar-refractivity contribution is 7.89. The third-order valence-electron chi connectivity index (χ3n) is 4.02. The van der Waals surface area contributed by atoms with Gasteiger partial charge in [0.1, 0.15) is 10.7 Å². The van der Waals surface area contributed by atoms with Crippen molar-refractivity contribution in [3.8, 4) is 0 Å². The number of nitrogens with one attached hydrogen (secondary N) is 1. The highest BCUT2D eigenvalue weighted by Gasteiger charge is 2.38. The van der Waals surface area contributed by atoms with Gasteiger partial charge in [0.2, 0.25) is 10.0 Å². The summed E-state index contributed by atoms with van der Waals surface area (Å²) in [7, 11) is -3.96. The predicted molar refractivity (Wildman–Crippen MR) is 81.9 cm³/mol. The fourth-order valence-corrected chi connectivity index (χ4v) is 4.57. The van der Waals surface area contributed by atoms with Crippen molar-refractivity contribution in [1.29, 1.82) is 0 Å². The van der Waals surface area contributed by atoms with Gasteiger partial charge in [-0.15, -0.1) is 0 Å². The lowest BCUT2D eigenvalue weighted by Crippen LogP contribution is -2.43. The molecular weight excluding hydrogens is 321 g/mol. The fourth-order valence-electron chi connectivity index (χ4n) is 2.93. The molecule has 0 unspecified atom stereocenters. The Labute approximate surface area is 134 Å². The van der Waals surface area contributed by atoms with E-state index >= 15 is 0 Å². The van der Waals surface area contributed by atoms with Gasteiger partial charge in [-0.2, -0.15) is 9.40 Å². The van der Waals surface area contributed by atoms with E-state index in [1.54, 1.807) is 6.92 Å². The molecule has 23 heavy (non-hydrogen) atoms. The Morgan fingerprint density at radius 1 is 1.35 bits per heavy atom. The molecule has 1 aliphatic heterocycles. The van der Waals surface area contributed by atoms with Crippen molar-refractivity contribution in [2.24, 2.45) is 0 Å². The van der Waals surface area contributed by atoms with Gasteiger partial charge in [0.25, 0.3) is 0 Å². The maximum absolute atomic E-state index is 14.0. The molecule has 0 saturated carbocycles. The quantitative estimate of drug-likeness (QED) is 0.927. The summed E-state index contributed by atoms with van der Waals surface area (Å²) in [6.45, 7) is 4.31. The van der Waals surface area contributed by atoms with E-state index in [-0.39, 0.29) is 24.7 Å². The van der Waals surface area contributed by atoms with Gasteiger partial charge >= 0.3 is 0 Å². The molecule has 1 atom stereocenters. The van der Waals surface area contributed by atoms with E-state index in [1.807, 2.05) is 6.92 Å². The number of aromatic amines is 1. The standard InChI is InChI=1S/C15H18FN3O3S/c1-10-15(11(2)18-17-10)13-9-22-8-7-19(13)23(20,21)14-6-4-3-5-12(14)16/h3-6,13H,7-9H2,1-2H3,(H,17,18)/t13-/m1/s1. The summed E-state index contributed by atoms with van der Waals surface area (Å²) in [6.07, 6.45) is 0. The van der Waals surface area contributed by atoms with E-state index in [4.69, 9.17) is 4.74 Å². The van der Waals surface area contributed by atoms with Crippen molar-refractivity contribution in [3.63, 3.8) is 0 Å². The summed E-state index contributed by atoms with van der Waals surface area (Å²) in [5.41, 5.74) is 2.28. The Bertz CT molecular complexity index is 800. The third kappa shape index (κ3) is 2.77. The van der Waals surface area contributed by atoms with E-state index in [1.165, 1.54) is 22.5 Å². The van der Waals surface area contributed by atoms with Crippen molar-refractivity contribution in [2.75, 3.05) is 19.8 Å². The van der Waals surface area contributed by atoms with Crippen molar-refractivity contribution in [1.82, 2.24) is 14.5 Å². The number of benzene rings is 1. The van der Waals surface area contributed by atoms with Crippen molar-refractivity contribution < 1.29 is 17.5 Å². The van der Waals surface area contributed by atoms with E-state index in [9.17, 15) is 12.8 Å². The maximum atomic E-state index is 14.0. The first-order chi connectivity index (χ1) is 10.9. The summed E-state index contributed by atoms with van der Waals surface area (Å²) in [5, 5.41) is 6.98. The first-order valence-electron chi connectivity index (χ1n) is 7.28. The number of hydrogen-bond donors (Lipinski definition) is 1. The number of aryl methyl sites for hydroxylation is 2. The lowest BCUT2D eigenvalue weighted by Gasteiger charge is -2.35. The summed E-state index contributed by atoms with van der Waals surface area (Å²) < 4.78 is 46.7. The van der Waals surface area contributed by atoms with Gasteiger partial charge in [-0.05, 0) is 26.0 Å². The monoisotopic (exact) mass is 339 g/mol. The molecule has 0 amide bonds. The smallest absolute Gasteiger partial charge is 0.246 e. The molecule has 0 radical (unpaired) electrons. The molecule has 2 heterocycles. The molecular formula is C15H18FN3O3S. The molecule has 2 aromatic rings. The van der Waals surface area contributed by atoms with E-state index in [0.717, 1.165) is 17.3 Å². The SMILES string of the molecule is Cc1n[nH]c(C)c1[C@H]1COCCN1S(=O)(=O)c1ccccc1F. The van der Waals surface area contributed by atoms with Crippen molar-refractivity contribution in [3.05, 3.63) is 47.0 Å². The third-order valence-corrected chi connectivity index (χ3v) is 5.96. The molecule has 6 nitrogen and oxygen atoms in total. The van der Waals surface area contributed by atoms with Crippen LogP contribution in [0.4, 0.5) is 4.39 Å². The van der Waals surface area contributed by atoms with Crippen LogP contribution in [0, 0.1) is 19.7 Å². The van der Waals surface area contributed by atoms with E-state index < -0.39 is 21.9 Å². The minimum absolute atomic E-state index is 0.172. The Kier molecular flexibility index (Phi) is 4.22. The van der Waals surface area contributed by atoms with Gasteiger partial charge in [0, 0.05) is 17.8 Å². The highest BCUT2D eigenvalue weighted by atomic mass is 32.2. The lowest BCUT2D eigenvalue weighted by atomic mass is 10.1. The molecule has 3 rings (SSSR count). The van der Waals surface area contributed by atoms with Crippen LogP contribution in [0.1, 0.15) is 23.0 Å². The van der Waals surface area contributed by atoms with Crippen LogP contribution >= 0.6 is 0 Å². The molecule has 1 aromatic heterocycles. The number of aromatic nitrogens is 2. The topological polar surface area (TPSA) is 75.3 Å². The molecule has 0 aliphatic carbocycles. The molecule has 1 saturated heterocycles. The van der Waals surface area contributed by atoms with Crippen LogP contribution in [0.5, 0.6) is 0 Å². The Morgan fingerprint density at radius 2 is 2.09 bits per heavy atom. The van der Waals surface area contributed by atoms with Crippen molar-refractivity contribution in [2.45, 2.75) is 24.8 Å². The minimum atomic E-state index is -3.96. The number of ether oxygens (including phenoxy) is 1. The van der Waals surface area contributed by atoms with Crippen LogP contribution in [-0.4, -0.2) is 42.7 Å². The number of morpholine rings is 1. The number of H-pyrrole nitrogens is 1. The zero-order valence-corrected chi connectivity index (χ0v) is 13.7. The molecule has 0 bridgehead atoms. The van der Waals surface area contributed by atoms with Gasteiger partial charge < -0.3 is 4.74 Å². The molecule has 1 aliphatic rings. The first kappa shape index (κ1) is 16.1. The summed E-state index contributed by atoms with van der Waals surface area (Å²) in [5.74, 6) is -0.752. The average molecular weight is 339 g/mol. The fraction of sp³-hybridized carbons (Fsp3) is 0.400. The van der Waals surface area contributed by atoms with Gasteiger partial charge in [-0.25, -0.2) is 12.8 Å². The largest absolute Gasteiger partial charge is 0.378 e. The van der Waals surface area contributed by atoms with Crippen LogP contribution in [0.2, 0.25) is 0 Å². The summed E-state index contributed by atoms with van der Waals surface area (Å²) >= 11 is 0. The Morgan fingerprint density at radius 3 is 2.74 bits per heavy atom. The van der Waals surface area contributed by atoms with Gasteiger partial charge in [-0.1, -0.05) is 12.1 Å². The second-order valence-electron chi connectivity index (χ2n) is 5.48. The van der Waals surface area contributed by atoms with Crippen LogP contribution in [0.25, 0.3) is 0 Å². The number of rotatable bonds is 3.